The standard InChI is InChI=1S/C5H12O2S/c1-8(7)5-3-2-4-6/h6H,2-5H2,1H3. The quantitative estimate of drug-likeness (QED) is 0.441. The minimum Gasteiger partial charge on any atom is -0.617 e. The van der Waals surface area contributed by atoms with Gasteiger partial charge in [0.15, 0.2) is 0 Å². The van der Waals surface area contributed by atoms with Crippen LogP contribution < -0.4 is 0 Å². The average molecular weight is 136 g/mol. The SMILES string of the molecule is C[S+]([O-])CCCCO. The molecular formula is C5H12O2S. The Morgan fingerprint density at radius 1 is 1.50 bits per heavy atom. The summed E-state index contributed by atoms with van der Waals surface area (Å²) in [6, 6.07) is 0. The smallest absolute Gasteiger partial charge is 0.105 e. The van der Waals surface area contributed by atoms with Crippen molar-refractivity contribution in [3.8, 4) is 0 Å². The molecule has 1 N–H and O–H groups in total. The fraction of sp³-hybridized carbons (Fsp3) is 1.00. The lowest BCUT2D eigenvalue weighted by molar-refractivity contribution is 0.287. The third-order valence-electron chi connectivity index (χ3n) is 0.840. The first-order chi connectivity index (χ1) is 3.77. The van der Waals surface area contributed by atoms with Crippen LogP contribution in [0.15, 0.2) is 0 Å². The van der Waals surface area contributed by atoms with Crippen molar-refractivity contribution < 1.29 is 9.66 Å². The average Bonchev–Trinajstić information content (AvgIpc) is 1.66. The summed E-state index contributed by atoms with van der Waals surface area (Å²) in [6.07, 6.45) is 3.33. The summed E-state index contributed by atoms with van der Waals surface area (Å²) < 4.78 is 10.3. The first kappa shape index (κ1) is 8.27. The Bertz CT molecular complexity index is 47.7. The zero-order chi connectivity index (χ0) is 6.41. The van der Waals surface area contributed by atoms with Gasteiger partial charge in [0.1, 0.15) is 5.75 Å². The fourth-order valence-electron chi connectivity index (χ4n) is 0.417. The number of hydrogen-bond donors (Lipinski definition) is 1. The van der Waals surface area contributed by atoms with E-state index in [1.807, 2.05) is 0 Å². The van der Waals surface area contributed by atoms with Gasteiger partial charge in [0.2, 0.25) is 0 Å². The van der Waals surface area contributed by atoms with Gasteiger partial charge in [0.25, 0.3) is 0 Å². The van der Waals surface area contributed by atoms with Crippen molar-refractivity contribution in [2.24, 2.45) is 0 Å². The second kappa shape index (κ2) is 5.41. The number of rotatable bonds is 4. The maximum Gasteiger partial charge on any atom is 0.105 e. The lowest BCUT2D eigenvalue weighted by atomic mass is 10.4. The van der Waals surface area contributed by atoms with Crippen LogP contribution in [0.1, 0.15) is 12.8 Å². The third kappa shape index (κ3) is 6.27. The summed E-state index contributed by atoms with van der Waals surface area (Å²) in [4.78, 5) is 0. The molecule has 0 rings (SSSR count). The van der Waals surface area contributed by atoms with Gasteiger partial charge in [0.05, 0.1) is 6.26 Å². The third-order valence-corrected chi connectivity index (χ3v) is 1.70. The van der Waals surface area contributed by atoms with E-state index in [9.17, 15) is 4.55 Å². The Morgan fingerprint density at radius 3 is 2.50 bits per heavy atom. The Hall–Kier alpha value is 0.270. The highest BCUT2D eigenvalue weighted by Gasteiger charge is 1.93. The minimum atomic E-state index is -0.678. The molecule has 0 fully saturated rings. The zero-order valence-electron chi connectivity index (χ0n) is 5.09. The molecule has 8 heavy (non-hydrogen) atoms. The van der Waals surface area contributed by atoms with Crippen LogP contribution in [0.4, 0.5) is 0 Å². The van der Waals surface area contributed by atoms with Gasteiger partial charge in [-0.3, -0.25) is 0 Å². The highest BCUT2D eigenvalue weighted by atomic mass is 32.2. The van der Waals surface area contributed by atoms with Gasteiger partial charge in [-0.2, -0.15) is 0 Å². The van der Waals surface area contributed by atoms with Crippen molar-refractivity contribution in [3.05, 3.63) is 0 Å². The molecule has 0 saturated heterocycles. The number of unbranched alkanes of at least 4 members (excludes halogenated alkanes) is 1. The molecule has 1 atom stereocenters. The van der Waals surface area contributed by atoms with Gasteiger partial charge in [0, 0.05) is 6.61 Å². The van der Waals surface area contributed by atoms with Crippen LogP contribution in [-0.2, 0) is 11.2 Å². The van der Waals surface area contributed by atoms with E-state index in [0.717, 1.165) is 18.6 Å². The van der Waals surface area contributed by atoms with Gasteiger partial charge in [-0.15, -0.1) is 0 Å². The number of hydrogen-bond acceptors (Lipinski definition) is 2. The Morgan fingerprint density at radius 2 is 2.12 bits per heavy atom. The van der Waals surface area contributed by atoms with E-state index in [0.29, 0.717) is 0 Å². The lowest BCUT2D eigenvalue weighted by Gasteiger charge is -2.01. The first-order valence-electron chi connectivity index (χ1n) is 2.68. The van der Waals surface area contributed by atoms with Crippen molar-refractivity contribution >= 4 is 11.2 Å². The minimum absolute atomic E-state index is 0.219. The van der Waals surface area contributed by atoms with E-state index in [-0.39, 0.29) is 6.61 Å². The van der Waals surface area contributed by atoms with Gasteiger partial charge in [-0.05, 0) is 12.8 Å². The molecule has 0 bridgehead atoms. The maximum atomic E-state index is 10.3. The summed E-state index contributed by atoms with van der Waals surface area (Å²) >= 11 is -0.678. The van der Waals surface area contributed by atoms with E-state index < -0.39 is 11.2 Å². The Balaban J connectivity index is 2.72. The number of aliphatic hydroxyl groups excluding tert-OH is 1. The van der Waals surface area contributed by atoms with Crippen LogP contribution in [0.3, 0.4) is 0 Å². The monoisotopic (exact) mass is 136 g/mol. The highest BCUT2D eigenvalue weighted by molar-refractivity contribution is 7.90. The van der Waals surface area contributed by atoms with Crippen LogP contribution in [0.2, 0.25) is 0 Å². The molecule has 50 valence electrons. The Kier molecular flexibility index (Phi) is 5.59. The van der Waals surface area contributed by atoms with Gasteiger partial charge < -0.3 is 9.66 Å². The van der Waals surface area contributed by atoms with E-state index in [1.54, 1.807) is 6.26 Å². The van der Waals surface area contributed by atoms with Crippen LogP contribution in [0.25, 0.3) is 0 Å². The summed E-state index contributed by atoms with van der Waals surface area (Å²) in [6.45, 7) is 0.219. The highest BCUT2D eigenvalue weighted by Crippen LogP contribution is 1.91. The van der Waals surface area contributed by atoms with E-state index in [2.05, 4.69) is 0 Å². The molecule has 0 radical (unpaired) electrons. The molecule has 0 saturated carbocycles. The molecule has 0 amide bonds. The van der Waals surface area contributed by atoms with Gasteiger partial charge in [-0.1, -0.05) is 11.2 Å². The maximum absolute atomic E-state index is 10.3. The Labute approximate surface area is 53.1 Å². The van der Waals surface area contributed by atoms with Crippen LogP contribution in [0, 0.1) is 0 Å². The van der Waals surface area contributed by atoms with Crippen LogP contribution in [-0.4, -0.2) is 28.3 Å². The summed E-state index contributed by atoms with van der Waals surface area (Å²) in [5, 5.41) is 8.28. The molecule has 0 aromatic heterocycles. The molecule has 2 nitrogen and oxygen atoms in total. The van der Waals surface area contributed by atoms with Crippen molar-refractivity contribution in [3.63, 3.8) is 0 Å². The second-order valence-electron chi connectivity index (χ2n) is 1.71. The van der Waals surface area contributed by atoms with E-state index in [4.69, 9.17) is 5.11 Å². The van der Waals surface area contributed by atoms with Gasteiger partial charge >= 0.3 is 0 Å². The molecule has 0 spiro atoms. The van der Waals surface area contributed by atoms with Crippen molar-refractivity contribution in [1.82, 2.24) is 0 Å². The zero-order valence-corrected chi connectivity index (χ0v) is 5.91. The fourth-order valence-corrected chi connectivity index (χ4v) is 1.03. The molecule has 0 aliphatic rings. The molecule has 1 unspecified atom stereocenters. The molecule has 0 aliphatic carbocycles. The summed E-state index contributed by atoms with van der Waals surface area (Å²) in [5.41, 5.74) is 0. The summed E-state index contributed by atoms with van der Waals surface area (Å²) in [5.74, 6) is 0.723. The predicted molar refractivity (Wildman–Crippen MR) is 35.3 cm³/mol. The van der Waals surface area contributed by atoms with Crippen LogP contribution >= 0.6 is 0 Å². The topological polar surface area (TPSA) is 43.3 Å². The molecule has 0 aromatic carbocycles. The second-order valence-corrected chi connectivity index (χ2v) is 3.26. The molecule has 0 heterocycles. The molecule has 0 aliphatic heterocycles. The molecule has 3 heteroatoms. The number of aliphatic hydroxyl groups is 1. The van der Waals surface area contributed by atoms with Crippen molar-refractivity contribution in [1.29, 1.82) is 0 Å². The van der Waals surface area contributed by atoms with E-state index >= 15 is 0 Å². The van der Waals surface area contributed by atoms with Crippen molar-refractivity contribution in [2.45, 2.75) is 12.8 Å². The van der Waals surface area contributed by atoms with Gasteiger partial charge in [-0.25, -0.2) is 0 Å². The van der Waals surface area contributed by atoms with Crippen LogP contribution in [0.5, 0.6) is 0 Å². The molecule has 0 aromatic rings. The lowest BCUT2D eigenvalue weighted by Crippen LogP contribution is -2.03. The van der Waals surface area contributed by atoms with E-state index in [1.165, 1.54) is 0 Å². The predicted octanol–water partition coefficient (Wildman–Crippen LogP) is 0.137. The molecular weight excluding hydrogens is 124 g/mol. The van der Waals surface area contributed by atoms with Crippen molar-refractivity contribution in [2.75, 3.05) is 18.6 Å². The normalized spacial score (nSPS) is 13.9. The first-order valence-corrected chi connectivity index (χ1v) is 4.41. The largest absolute Gasteiger partial charge is 0.617 e. The summed E-state index contributed by atoms with van der Waals surface area (Å²) in [7, 11) is 0.